The van der Waals surface area contributed by atoms with Crippen molar-refractivity contribution in [2.75, 3.05) is 5.73 Å². The molecule has 1 unspecified atom stereocenters. The number of benzene rings is 2. The Labute approximate surface area is 128 Å². The summed E-state index contributed by atoms with van der Waals surface area (Å²) in [6.07, 6.45) is 0.515. The standard InChI is InChI=1S/C18H17NOS/c1-12(13-5-7-15(19)8-6-13)11-17(20)16-4-2-3-14-9-10-21-18(14)16/h2-10,12H,11,19H2,1H3. The predicted octanol–water partition coefficient (Wildman–Crippen LogP) is 4.86. The summed E-state index contributed by atoms with van der Waals surface area (Å²) in [4.78, 5) is 12.6. The van der Waals surface area contributed by atoms with Gasteiger partial charge in [-0.15, -0.1) is 11.3 Å². The maximum atomic E-state index is 12.6. The van der Waals surface area contributed by atoms with Crippen molar-refractivity contribution in [3.8, 4) is 0 Å². The van der Waals surface area contributed by atoms with Crippen molar-refractivity contribution in [3.05, 3.63) is 65.0 Å². The Morgan fingerprint density at radius 1 is 1.14 bits per heavy atom. The zero-order chi connectivity index (χ0) is 14.8. The molecular formula is C18H17NOS. The molecule has 1 atom stereocenters. The van der Waals surface area contributed by atoms with Gasteiger partial charge >= 0.3 is 0 Å². The van der Waals surface area contributed by atoms with Crippen molar-refractivity contribution in [3.63, 3.8) is 0 Å². The minimum absolute atomic E-state index is 0.188. The lowest BCUT2D eigenvalue weighted by Crippen LogP contribution is -2.05. The van der Waals surface area contributed by atoms with Crippen molar-refractivity contribution in [1.82, 2.24) is 0 Å². The van der Waals surface area contributed by atoms with Gasteiger partial charge in [-0.25, -0.2) is 0 Å². The van der Waals surface area contributed by atoms with Gasteiger partial charge < -0.3 is 5.73 Å². The van der Waals surface area contributed by atoms with Crippen molar-refractivity contribution in [1.29, 1.82) is 0 Å². The average molecular weight is 295 g/mol. The Hall–Kier alpha value is -2.13. The molecule has 3 heteroatoms. The first-order valence-electron chi connectivity index (χ1n) is 7.00. The van der Waals surface area contributed by atoms with Crippen LogP contribution in [-0.2, 0) is 0 Å². The first kappa shape index (κ1) is 13.8. The number of carbonyl (C=O) groups is 1. The number of thiophene rings is 1. The molecule has 2 aromatic carbocycles. The highest BCUT2D eigenvalue weighted by atomic mass is 32.1. The molecule has 0 bridgehead atoms. The highest BCUT2D eigenvalue weighted by Crippen LogP contribution is 2.28. The fourth-order valence-electron chi connectivity index (χ4n) is 2.54. The number of Topliss-reactive ketones (excluding diaryl/α,β-unsaturated/α-hetero) is 1. The Morgan fingerprint density at radius 3 is 2.67 bits per heavy atom. The lowest BCUT2D eigenvalue weighted by molar-refractivity contribution is 0.0977. The summed E-state index contributed by atoms with van der Waals surface area (Å²) in [5.41, 5.74) is 8.44. The SMILES string of the molecule is CC(CC(=O)c1cccc2ccsc12)c1ccc(N)cc1. The van der Waals surface area contributed by atoms with E-state index in [0.29, 0.717) is 6.42 Å². The predicted molar refractivity (Wildman–Crippen MR) is 90.0 cm³/mol. The molecule has 1 heterocycles. The van der Waals surface area contributed by atoms with Gasteiger partial charge in [-0.05, 0) is 46.5 Å². The van der Waals surface area contributed by atoms with E-state index in [1.807, 2.05) is 47.8 Å². The van der Waals surface area contributed by atoms with Crippen LogP contribution < -0.4 is 5.73 Å². The van der Waals surface area contributed by atoms with Crippen LogP contribution in [0.3, 0.4) is 0 Å². The summed E-state index contributed by atoms with van der Waals surface area (Å²) in [5.74, 6) is 0.390. The van der Waals surface area contributed by atoms with Crippen LogP contribution in [0.1, 0.15) is 35.2 Å². The van der Waals surface area contributed by atoms with E-state index in [2.05, 4.69) is 13.0 Å². The van der Waals surface area contributed by atoms with E-state index >= 15 is 0 Å². The highest BCUT2D eigenvalue weighted by Gasteiger charge is 2.15. The van der Waals surface area contributed by atoms with Crippen LogP contribution in [0.5, 0.6) is 0 Å². The van der Waals surface area contributed by atoms with Gasteiger partial charge in [0.1, 0.15) is 0 Å². The molecule has 0 spiro atoms. The number of nitrogen functional groups attached to an aromatic ring is 1. The second-order valence-electron chi connectivity index (χ2n) is 5.34. The lowest BCUT2D eigenvalue weighted by Gasteiger charge is -2.12. The van der Waals surface area contributed by atoms with E-state index < -0.39 is 0 Å². The van der Waals surface area contributed by atoms with Crippen LogP contribution in [0.15, 0.2) is 53.9 Å². The Morgan fingerprint density at radius 2 is 1.90 bits per heavy atom. The monoisotopic (exact) mass is 295 g/mol. The van der Waals surface area contributed by atoms with Crippen LogP contribution in [0.25, 0.3) is 10.1 Å². The highest BCUT2D eigenvalue weighted by molar-refractivity contribution is 7.17. The largest absolute Gasteiger partial charge is 0.399 e. The number of nitrogens with two attached hydrogens (primary N) is 1. The molecule has 0 saturated carbocycles. The molecule has 106 valence electrons. The Kier molecular flexibility index (Phi) is 3.76. The third-order valence-electron chi connectivity index (χ3n) is 3.78. The molecule has 0 fully saturated rings. The van der Waals surface area contributed by atoms with E-state index in [0.717, 1.165) is 26.9 Å². The van der Waals surface area contributed by atoms with E-state index in [1.165, 1.54) is 0 Å². The van der Waals surface area contributed by atoms with Crippen molar-refractivity contribution >= 4 is 32.9 Å². The number of carbonyl (C=O) groups excluding carboxylic acids is 1. The molecule has 2 N–H and O–H groups in total. The summed E-state index contributed by atoms with van der Waals surface area (Å²) in [6.45, 7) is 2.08. The second kappa shape index (κ2) is 5.70. The van der Waals surface area contributed by atoms with Crippen molar-refractivity contribution in [2.45, 2.75) is 19.3 Å². The molecule has 0 aliphatic heterocycles. The molecular weight excluding hydrogens is 278 g/mol. The van der Waals surface area contributed by atoms with Crippen LogP contribution in [-0.4, -0.2) is 5.78 Å². The third kappa shape index (κ3) is 2.83. The lowest BCUT2D eigenvalue weighted by atomic mass is 9.93. The smallest absolute Gasteiger partial charge is 0.164 e. The van der Waals surface area contributed by atoms with Gasteiger partial charge in [-0.1, -0.05) is 31.2 Å². The summed E-state index contributed by atoms with van der Waals surface area (Å²) >= 11 is 1.63. The van der Waals surface area contributed by atoms with Crippen LogP contribution in [0.4, 0.5) is 5.69 Å². The zero-order valence-corrected chi connectivity index (χ0v) is 12.7. The van der Waals surface area contributed by atoms with Crippen LogP contribution in [0, 0.1) is 0 Å². The molecule has 0 aliphatic rings. The summed E-state index contributed by atoms with van der Waals surface area (Å²) < 4.78 is 1.09. The fraction of sp³-hybridized carbons (Fsp3) is 0.167. The molecule has 0 amide bonds. The minimum Gasteiger partial charge on any atom is -0.399 e. The number of anilines is 1. The first-order valence-corrected chi connectivity index (χ1v) is 7.88. The topological polar surface area (TPSA) is 43.1 Å². The minimum atomic E-state index is 0.188. The fourth-order valence-corrected chi connectivity index (χ4v) is 3.47. The number of fused-ring (bicyclic) bond motifs is 1. The van der Waals surface area contributed by atoms with Crippen LogP contribution >= 0.6 is 11.3 Å². The number of hydrogen-bond donors (Lipinski definition) is 1. The van der Waals surface area contributed by atoms with Crippen LogP contribution in [0.2, 0.25) is 0 Å². The van der Waals surface area contributed by atoms with Gasteiger partial charge in [0, 0.05) is 22.4 Å². The molecule has 1 aromatic heterocycles. The molecule has 0 aliphatic carbocycles. The van der Waals surface area contributed by atoms with Gasteiger partial charge in [0.15, 0.2) is 5.78 Å². The van der Waals surface area contributed by atoms with Gasteiger partial charge in [0.25, 0.3) is 0 Å². The summed E-state index contributed by atoms with van der Waals surface area (Å²) in [6, 6.07) is 15.8. The van der Waals surface area contributed by atoms with Gasteiger partial charge in [-0.3, -0.25) is 4.79 Å². The summed E-state index contributed by atoms with van der Waals surface area (Å²) in [5, 5.41) is 3.18. The van der Waals surface area contributed by atoms with Crippen molar-refractivity contribution in [2.24, 2.45) is 0 Å². The molecule has 0 saturated heterocycles. The van der Waals surface area contributed by atoms with E-state index in [-0.39, 0.29) is 11.7 Å². The van der Waals surface area contributed by atoms with Gasteiger partial charge in [0.05, 0.1) is 0 Å². The quantitative estimate of drug-likeness (QED) is 0.551. The molecule has 3 rings (SSSR count). The van der Waals surface area contributed by atoms with Crippen molar-refractivity contribution < 1.29 is 4.79 Å². The summed E-state index contributed by atoms with van der Waals surface area (Å²) in [7, 11) is 0. The van der Waals surface area contributed by atoms with E-state index in [1.54, 1.807) is 11.3 Å². The Balaban J connectivity index is 1.83. The van der Waals surface area contributed by atoms with Gasteiger partial charge in [-0.2, -0.15) is 0 Å². The maximum absolute atomic E-state index is 12.6. The molecule has 0 radical (unpaired) electrons. The van der Waals surface area contributed by atoms with E-state index in [9.17, 15) is 4.79 Å². The molecule has 21 heavy (non-hydrogen) atoms. The molecule has 3 aromatic rings. The average Bonchev–Trinajstić information content (AvgIpc) is 2.96. The number of ketones is 1. The van der Waals surface area contributed by atoms with Gasteiger partial charge in [0.2, 0.25) is 0 Å². The second-order valence-corrected chi connectivity index (χ2v) is 6.26. The Bertz CT molecular complexity index is 773. The third-order valence-corrected chi connectivity index (χ3v) is 4.74. The zero-order valence-electron chi connectivity index (χ0n) is 11.9. The molecule has 2 nitrogen and oxygen atoms in total. The first-order chi connectivity index (χ1) is 10.1. The number of hydrogen-bond acceptors (Lipinski definition) is 3. The van der Waals surface area contributed by atoms with E-state index in [4.69, 9.17) is 5.73 Å². The maximum Gasteiger partial charge on any atom is 0.164 e. The normalized spacial score (nSPS) is 12.4. The number of rotatable bonds is 4.